The van der Waals surface area contributed by atoms with Crippen LogP contribution < -0.4 is 0 Å². The summed E-state index contributed by atoms with van der Waals surface area (Å²) in [5, 5.41) is 0. The molecule has 0 aliphatic rings. The molecule has 0 aliphatic carbocycles. The average Bonchev–Trinajstić information content (AvgIpc) is 1.82. The van der Waals surface area contributed by atoms with Crippen molar-refractivity contribution in [3.05, 3.63) is 19.3 Å². The number of ketones is 1. The molecule has 0 aliphatic heterocycles. The largest absolute Gasteiger partial charge is 0.453 e. The SMILES string of the molecule is C=C[CH]OC(=O)CC(C)=O. The zero-order chi connectivity index (χ0) is 7.98. The number of hydrogen-bond donors (Lipinski definition) is 0. The minimum absolute atomic E-state index is 0.176. The Kier molecular flexibility index (Phi) is 4.20. The number of rotatable bonds is 4. The van der Waals surface area contributed by atoms with Gasteiger partial charge < -0.3 is 4.74 Å². The summed E-state index contributed by atoms with van der Waals surface area (Å²) in [5.74, 6) is -0.755. The van der Waals surface area contributed by atoms with E-state index in [0.717, 1.165) is 6.61 Å². The van der Waals surface area contributed by atoms with Gasteiger partial charge in [0.05, 0.1) is 0 Å². The van der Waals surface area contributed by atoms with E-state index in [-0.39, 0.29) is 12.2 Å². The normalized spacial score (nSPS) is 8.50. The van der Waals surface area contributed by atoms with E-state index in [9.17, 15) is 9.59 Å². The Morgan fingerprint density at radius 3 is 2.60 bits per heavy atom. The fourth-order valence-electron chi connectivity index (χ4n) is 0.369. The van der Waals surface area contributed by atoms with Crippen molar-refractivity contribution in [2.75, 3.05) is 0 Å². The van der Waals surface area contributed by atoms with Crippen molar-refractivity contribution in [2.45, 2.75) is 13.3 Å². The molecule has 0 saturated carbocycles. The molecule has 10 heavy (non-hydrogen) atoms. The molecule has 0 rings (SSSR count). The molecule has 0 amide bonds. The Bertz CT molecular complexity index is 149. The van der Waals surface area contributed by atoms with Gasteiger partial charge in [-0.25, -0.2) is 0 Å². The van der Waals surface area contributed by atoms with E-state index < -0.39 is 5.97 Å². The number of carbonyl (C=O) groups is 2. The van der Waals surface area contributed by atoms with Gasteiger partial charge in [0.25, 0.3) is 0 Å². The van der Waals surface area contributed by atoms with Crippen LogP contribution in [0.25, 0.3) is 0 Å². The molecule has 0 atom stereocenters. The Hall–Kier alpha value is -1.12. The first-order valence-corrected chi connectivity index (χ1v) is 2.80. The summed E-state index contributed by atoms with van der Waals surface area (Å²) in [6, 6.07) is 0. The number of hydrogen-bond acceptors (Lipinski definition) is 3. The molecule has 1 radical (unpaired) electrons. The van der Waals surface area contributed by atoms with Crippen LogP contribution in [-0.2, 0) is 14.3 Å². The predicted octanol–water partition coefficient (Wildman–Crippen LogP) is 0.856. The highest BCUT2D eigenvalue weighted by Crippen LogP contribution is 1.90. The van der Waals surface area contributed by atoms with Gasteiger partial charge in [0.15, 0.2) is 6.61 Å². The van der Waals surface area contributed by atoms with Gasteiger partial charge in [-0.3, -0.25) is 9.59 Å². The smallest absolute Gasteiger partial charge is 0.314 e. The van der Waals surface area contributed by atoms with Crippen LogP contribution in [0.5, 0.6) is 0 Å². The van der Waals surface area contributed by atoms with E-state index in [1.54, 1.807) is 0 Å². The minimum atomic E-state index is -0.549. The number of esters is 1. The summed E-state index contributed by atoms with van der Waals surface area (Å²) in [7, 11) is 0. The van der Waals surface area contributed by atoms with Crippen LogP contribution in [0.1, 0.15) is 13.3 Å². The van der Waals surface area contributed by atoms with Crippen LogP contribution >= 0.6 is 0 Å². The third-order valence-corrected chi connectivity index (χ3v) is 0.689. The van der Waals surface area contributed by atoms with Crippen LogP contribution in [0.2, 0.25) is 0 Å². The molecule has 3 heteroatoms. The first-order valence-electron chi connectivity index (χ1n) is 2.80. The summed E-state index contributed by atoms with van der Waals surface area (Å²) < 4.78 is 4.40. The highest BCUT2D eigenvalue weighted by molar-refractivity contribution is 5.94. The average molecular weight is 141 g/mol. The summed E-state index contributed by atoms with van der Waals surface area (Å²) in [6.45, 7) is 5.77. The van der Waals surface area contributed by atoms with Gasteiger partial charge in [0.2, 0.25) is 0 Å². The van der Waals surface area contributed by atoms with E-state index >= 15 is 0 Å². The molecule has 0 aromatic rings. The van der Waals surface area contributed by atoms with Gasteiger partial charge in [0, 0.05) is 0 Å². The lowest BCUT2D eigenvalue weighted by Crippen LogP contribution is -2.06. The van der Waals surface area contributed by atoms with Gasteiger partial charge >= 0.3 is 5.97 Å². The molecule has 0 unspecified atom stereocenters. The summed E-state index contributed by atoms with van der Waals surface area (Å²) in [6.07, 6.45) is 1.16. The number of ether oxygens (including phenoxy) is 1. The zero-order valence-corrected chi connectivity index (χ0v) is 5.79. The Morgan fingerprint density at radius 1 is 1.60 bits per heavy atom. The van der Waals surface area contributed by atoms with Gasteiger partial charge in [-0.15, -0.1) is 0 Å². The van der Waals surface area contributed by atoms with Crippen LogP contribution in [0.4, 0.5) is 0 Å². The first-order chi connectivity index (χ1) is 4.66. The van der Waals surface area contributed by atoms with E-state index in [1.165, 1.54) is 13.0 Å². The molecule has 0 fully saturated rings. The second kappa shape index (κ2) is 4.73. The lowest BCUT2D eigenvalue weighted by Gasteiger charge is -1.95. The van der Waals surface area contributed by atoms with Gasteiger partial charge in [0.1, 0.15) is 12.2 Å². The number of carbonyl (C=O) groups excluding carboxylic acids is 2. The summed E-state index contributed by atoms with van der Waals surface area (Å²) in [5.41, 5.74) is 0. The topological polar surface area (TPSA) is 43.4 Å². The van der Waals surface area contributed by atoms with Crippen molar-refractivity contribution < 1.29 is 14.3 Å². The molecular weight excluding hydrogens is 132 g/mol. The van der Waals surface area contributed by atoms with Crippen LogP contribution in [0.15, 0.2) is 12.7 Å². The number of Topliss-reactive ketones (excluding diaryl/α,β-unsaturated/α-hetero) is 1. The molecule has 0 bridgehead atoms. The fourth-order valence-corrected chi connectivity index (χ4v) is 0.369. The molecule has 3 nitrogen and oxygen atoms in total. The lowest BCUT2D eigenvalue weighted by molar-refractivity contribution is -0.142. The third-order valence-electron chi connectivity index (χ3n) is 0.689. The molecule has 0 heterocycles. The standard InChI is InChI=1S/C7H9O3/c1-3-4-10-7(9)5-6(2)8/h3-4H,1,5H2,2H3. The Morgan fingerprint density at radius 2 is 2.20 bits per heavy atom. The highest BCUT2D eigenvalue weighted by Gasteiger charge is 2.04. The molecule has 0 saturated heterocycles. The van der Waals surface area contributed by atoms with E-state index in [4.69, 9.17) is 0 Å². The Labute approximate surface area is 59.7 Å². The van der Waals surface area contributed by atoms with E-state index in [1.807, 2.05) is 0 Å². The molecule has 0 N–H and O–H groups in total. The van der Waals surface area contributed by atoms with Crippen molar-refractivity contribution in [1.29, 1.82) is 0 Å². The minimum Gasteiger partial charge on any atom is -0.453 e. The molecule has 55 valence electrons. The maximum atomic E-state index is 10.5. The molecular formula is C7H9O3. The monoisotopic (exact) mass is 141 g/mol. The van der Waals surface area contributed by atoms with Crippen molar-refractivity contribution in [3.63, 3.8) is 0 Å². The quantitative estimate of drug-likeness (QED) is 0.430. The van der Waals surface area contributed by atoms with Crippen LogP contribution in [-0.4, -0.2) is 11.8 Å². The highest BCUT2D eigenvalue weighted by atomic mass is 16.5. The van der Waals surface area contributed by atoms with Crippen LogP contribution in [0, 0.1) is 6.61 Å². The summed E-state index contributed by atoms with van der Waals surface area (Å²) >= 11 is 0. The Balaban J connectivity index is 3.43. The van der Waals surface area contributed by atoms with E-state index in [0.29, 0.717) is 0 Å². The molecule has 0 spiro atoms. The van der Waals surface area contributed by atoms with Gasteiger partial charge in [-0.05, 0) is 13.0 Å². The molecule has 0 aromatic heterocycles. The molecule has 0 aromatic carbocycles. The maximum absolute atomic E-state index is 10.5. The van der Waals surface area contributed by atoms with Crippen molar-refractivity contribution in [1.82, 2.24) is 0 Å². The van der Waals surface area contributed by atoms with E-state index in [2.05, 4.69) is 11.3 Å². The second-order valence-corrected chi connectivity index (χ2v) is 1.74. The summed E-state index contributed by atoms with van der Waals surface area (Å²) in [4.78, 5) is 20.8. The first kappa shape index (κ1) is 8.88. The fraction of sp³-hybridized carbons (Fsp3) is 0.286. The van der Waals surface area contributed by atoms with Gasteiger partial charge in [-0.1, -0.05) is 6.58 Å². The third kappa shape index (κ3) is 5.03. The zero-order valence-electron chi connectivity index (χ0n) is 5.79. The van der Waals surface area contributed by atoms with Crippen molar-refractivity contribution in [2.24, 2.45) is 0 Å². The van der Waals surface area contributed by atoms with Gasteiger partial charge in [-0.2, -0.15) is 0 Å². The maximum Gasteiger partial charge on any atom is 0.314 e. The second-order valence-electron chi connectivity index (χ2n) is 1.74. The van der Waals surface area contributed by atoms with Crippen molar-refractivity contribution in [3.8, 4) is 0 Å². The van der Waals surface area contributed by atoms with Crippen LogP contribution in [0.3, 0.4) is 0 Å². The van der Waals surface area contributed by atoms with Crippen molar-refractivity contribution >= 4 is 11.8 Å². The predicted molar refractivity (Wildman–Crippen MR) is 35.9 cm³/mol. The lowest BCUT2D eigenvalue weighted by atomic mass is 10.3.